The summed E-state index contributed by atoms with van der Waals surface area (Å²) in [6, 6.07) is 17.0. The van der Waals surface area contributed by atoms with Crippen LogP contribution in [0.3, 0.4) is 0 Å². The van der Waals surface area contributed by atoms with E-state index in [0.717, 1.165) is 27.2 Å². The number of fused-ring (bicyclic) bond motifs is 1. The van der Waals surface area contributed by atoms with Gasteiger partial charge >= 0.3 is 0 Å². The molecule has 0 aliphatic rings. The van der Waals surface area contributed by atoms with Crippen molar-refractivity contribution >= 4 is 56.6 Å². The van der Waals surface area contributed by atoms with Crippen LogP contribution in [0, 0.1) is 5.92 Å². The number of carbonyl (C=O) groups excluding carboxylic acids is 2. The zero-order chi connectivity index (χ0) is 24.2. The number of benzene rings is 2. The van der Waals surface area contributed by atoms with Crippen LogP contribution in [0.4, 0.5) is 0 Å². The van der Waals surface area contributed by atoms with Gasteiger partial charge in [0.25, 0.3) is 5.91 Å². The third-order valence-corrected chi connectivity index (χ3v) is 6.95. The van der Waals surface area contributed by atoms with Gasteiger partial charge in [0.2, 0.25) is 5.91 Å². The summed E-state index contributed by atoms with van der Waals surface area (Å²) in [6.07, 6.45) is 0.470. The summed E-state index contributed by atoms with van der Waals surface area (Å²) in [5.74, 6) is 0.0846. The molecular weight excluding hydrogens is 491 g/mol. The van der Waals surface area contributed by atoms with E-state index in [-0.39, 0.29) is 11.8 Å². The molecule has 0 bridgehead atoms. The molecule has 176 valence electrons. The van der Waals surface area contributed by atoms with E-state index in [1.54, 1.807) is 16.8 Å². The van der Waals surface area contributed by atoms with Gasteiger partial charge in [-0.05, 0) is 30.2 Å². The fourth-order valence-corrected chi connectivity index (χ4v) is 4.87. The van der Waals surface area contributed by atoms with Crippen LogP contribution in [0.15, 0.2) is 54.6 Å². The zero-order valence-corrected chi connectivity index (χ0v) is 21.1. The van der Waals surface area contributed by atoms with Gasteiger partial charge in [0, 0.05) is 30.5 Å². The monoisotopic (exact) mass is 514 g/mol. The molecule has 0 saturated carbocycles. The predicted molar refractivity (Wildman–Crippen MR) is 139 cm³/mol. The molecular formula is C25H24Cl2N4O2S. The predicted octanol–water partition coefficient (Wildman–Crippen LogP) is 5.95. The van der Waals surface area contributed by atoms with Crippen molar-refractivity contribution in [2.75, 3.05) is 13.1 Å². The first-order valence-electron chi connectivity index (χ1n) is 10.9. The van der Waals surface area contributed by atoms with Crippen LogP contribution in [0.25, 0.3) is 27.2 Å². The van der Waals surface area contributed by atoms with Crippen molar-refractivity contribution in [2.45, 2.75) is 20.3 Å². The molecule has 9 heteroatoms. The number of nitrogens with one attached hydrogen (secondary N) is 2. The first-order chi connectivity index (χ1) is 16.3. The van der Waals surface area contributed by atoms with Crippen molar-refractivity contribution in [1.29, 1.82) is 0 Å². The standard InChI is InChI=1S/C25H24Cl2N4O2S/c1-15(2)12-22(32)28-10-11-29-24(33)21-14-18-23(16-6-4-3-5-7-16)30-31(25(18)34-21)17-8-9-19(26)20(27)13-17/h3-9,13-15H,10-12H2,1-2H3,(H,28,32)(H,29,33). The van der Waals surface area contributed by atoms with Crippen molar-refractivity contribution in [2.24, 2.45) is 5.92 Å². The highest BCUT2D eigenvalue weighted by Crippen LogP contribution is 2.36. The number of halogens is 2. The zero-order valence-electron chi connectivity index (χ0n) is 18.8. The third kappa shape index (κ3) is 5.43. The lowest BCUT2D eigenvalue weighted by Gasteiger charge is -2.08. The molecule has 0 saturated heterocycles. The summed E-state index contributed by atoms with van der Waals surface area (Å²) < 4.78 is 1.79. The summed E-state index contributed by atoms with van der Waals surface area (Å²) >= 11 is 13.7. The maximum atomic E-state index is 12.8. The Morgan fingerprint density at radius 3 is 2.44 bits per heavy atom. The number of thiophene rings is 1. The Balaban J connectivity index is 1.61. The average Bonchev–Trinajstić information content (AvgIpc) is 3.38. The van der Waals surface area contributed by atoms with Crippen molar-refractivity contribution in [3.05, 3.63) is 69.5 Å². The van der Waals surface area contributed by atoms with E-state index in [4.69, 9.17) is 28.3 Å². The van der Waals surface area contributed by atoms with E-state index < -0.39 is 0 Å². The molecule has 6 nitrogen and oxygen atoms in total. The first kappa shape index (κ1) is 24.3. The highest BCUT2D eigenvalue weighted by Gasteiger charge is 2.20. The van der Waals surface area contributed by atoms with Gasteiger partial charge in [-0.15, -0.1) is 11.3 Å². The Labute approximate surface area is 211 Å². The number of carbonyl (C=O) groups is 2. The van der Waals surface area contributed by atoms with Crippen LogP contribution in [0.5, 0.6) is 0 Å². The van der Waals surface area contributed by atoms with Crippen LogP contribution in [0.2, 0.25) is 10.0 Å². The summed E-state index contributed by atoms with van der Waals surface area (Å²) in [5.41, 5.74) is 2.48. The highest BCUT2D eigenvalue weighted by molar-refractivity contribution is 7.20. The minimum absolute atomic E-state index is 0.0136. The number of nitrogens with zero attached hydrogens (tertiary/aromatic N) is 2. The van der Waals surface area contributed by atoms with E-state index in [0.29, 0.717) is 40.4 Å². The van der Waals surface area contributed by atoms with Gasteiger partial charge in [0.15, 0.2) is 0 Å². The summed E-state index contributed by atoms with van der Waals surface area (Å²) in [4.78, 5) is 26.0. The molecule has 0 aliphatic carbocycles. The van der Waals surface area contributed by atoms with Gasteiger partial charge in [-0.1, -0.05) is 67.4 Å². The number of amides is 2. The molecule has 0 atom stereocenters. The largest absolute Gasteiger partial charge is 0.354 e. The Hall–Kier alpha value is -2.87. The maximum absolute atomic E-state index is 12.8. The Morgan fingerprint density at radius 2 is 1.74 bits per heavy atom. The summed E-state index contributed by atoms with van der Waals surface area (Å²) in [5, 5.41) is 12.3. The maximum Gasteiger partial charge on any atom is 0.261 e. The van der Waals surface area contributed by atoms with Gasteiger partial charge in [0.05, 0.1) is 20.6 Å². The molecule has 0 fully saturated rings. The molecule has 2 amide bonds. The van der Waals surface area contributed by atoms with E-state index >= 15 is 0 Å². The van der Waals surface area contributed by atoms with Crippen LogP contribution in [-0.2, 0) is 4.79 Å². The fraction of sp³-hybridized carbons (Fsp3) is 0.240. The van der Waals surface area contributed by atoms with E-state index in [2.05, 4.69) is 10.6 Å². The quantitative estimate of drug-likeness (QED) is 0.285. The van der Waals surface area contributed by atoms with Gasteiger partial charge in [-0.25, -0.2) is 4.68 Å². The van der Waals surface area contributed by atoms with E-state index in [1.165, 1.54) is 11.3 Å². The van der Waals surface area contributed by atoms with Crippen LogP contribution in [-0.4, -0.2) is 34.7 Å². The van der Waals surface area contributed by atoms with Crippen molar-refractivity contribution in [1.82, 2.24) is 20.4 Å². The molecule has 0 spiro atoms. The van der Waals surface area contributed by atoms with Crippen molar-refractivity contribution < 1.29 is 9.59 Å². The molecule has 4 rings (SSSR count). The Kier molecular flexibility index (Phi) is 7.56. The average molecular weight is 515 g/mol. The lowest BCUT2D eigenvalue weighted by atomic mass is 10.1. The van der Waals surface area contributed by atoms with Crippen LogP contribution < -0.4 is 10.6 Å². The highest BCUT2D eigenvalue weighted by atomic mass is 35.5. The number of hydrogen-bond donors (Lipinski definition) is 2. The number of aromatic nitrogens is 2. The normalized spacial score (nSPS) is 11.2. The SMILES string of the molecule is CC(C)CC(=O)NCCNC(=O)c1cc2c(-c3ccccc3)nn(-c3ccc(Cl)c(Cl)c3)c2s1. The first-order valence-corrected chi connectivity index (χ1v) is 12.5. The molecule has 2 N–H and O–H groups in total. The van der Waals surface area contributed by atoms with E-state index in [9.17, 15) is 9.59 Å². The molecule has 2 heterocycles. The van der Waals surface area contributed by atoms with Crippen LogP contribution >= 0.6 is 34.5 Å². The second kappa shape index (κ2) is 10.6. The smallest absolute Gasteiger partial charge is 0.261 e. The summed E-state index contributed by atoms with van der Waals surface area (Å²) in [7, 11) is 0. The molecule has 4 aromatic rings. The van der Waals surface area contributed by atoms with Crippen LogP contribution in [0.1, 0.15) is 29.9 Å². The molecule has 2 aromatic carbocycles. The second-order valence-electron chi connectivity index (χ2n) is 8.26. The van der Waals surface area contributed by atoms with Crippen molar-refractivity contribution in [3.63, 3.8) is 0 Å². The Morgan fingerprint density at radius 1 is 1.00 bits per heavy atom. The number of hydrogen-bond acceptors (Lipinski definition) is 4. The van der Waals surface area contributed by atoms with Gasteiger partial charge in [-0.3, -0.25) is 9.59 Å². The summed E-state index contributed by atoms with van der Waals surface area (Å²) in [6.45, 7) is 4.72. The minimum atomic E-state index is -0.195. The van der Waals surface area contributed by atoms with Gasteiger partial charge in [-0.2, -0.15) is 5.10 Å². The third-order valence-electron chi connectivity index (χ3n) is 5.11. The fourth-order valence-electron chi connectivity index (χ4n) is 3.53. The Bertz CT molecular complexity index is 1330. The van der Waals surface area contributed by atoms with Gasteiger partial charge in [0.1, 0.15) is 10.5 Å². The van der Waals surface area contributed by atoms with E-state index in [1.807, 2.05) is 56.3 Å². The molecule has 2 aromatic heterocycles. The second-order valence-corrected chi connectivity index (χ2v) is 10.1. The topological polar surface area (TPSA) is 76.0 Å². The molecule has 0 aliphatic heterocycles. The number of rotatable bonds is 8. The van der Waals surface area contributed by atoms with Crippen molar-refractivity contribution in [3.8, 4) is 16.9 Å². The lowest BCUT2D eigenvalue weighted by molar-refractivity contribution is -0.121. The minimum Gasteiger partial charge on any atom is -0.354 e. The van der Waals surface area contributed by atoms with Gasteiger partial charge < -0.3 is 10.6 Å². The lowest BCUT2D eigenvalue weighted by Crippen LogP contribution is -2.34. The molecule has 34 heavy (non-hydrogen) atoms. The molecule has 0 radical (unpaired) electrons. The molecule has 0 unspecified atom stereocenters.